The Balaban J connectivity index is 1.12. The predicted octanol–water partition coefficient (Wildman–Crippen LogP) is 3.29. The van der Waals surface area contributed by atoms with Crippen LogP contribution in [0.1, 0.15) is 24.0 Å². The molecule has 0 aliphatic carbocycles. The summed E-state index contributed by atoms with van der Waals surface area (Å²) < 4.78 is 47.6. The minimum Gasteiger partial charge on any atom is -0.497 e. The third kappa shape index (κ3) is 7.00. The van der Waals surface area contributed by atoms with Gasteiger partial charge in [0.1, 0.15) is 11.8 Å². The van der Waals surface area contributed by atoms with E-state index in [0.717, 1.165) is 5.56 Å². The van der Waals surface area contributed by atoms with Crippen LogP contribution in [-0.2, 0) is 32.3 Å². The van der Waals surface area contributed by atoms with E-state index in [-0.39, 0.29) is 35.8 Å². The lowest BCUT2D eigenvalue weighted by Crippen LogP contribution is -2.48. The van der Waals surface area contributed by atoms with E-state index in [1.807, 2.05) is 18.2 Å². The molecule has 5 rings (SSSR count). The van der Waals surface area contributed by atoms with Gasteiger partial charge in [-0.1, -0.05) is 12.1 Å². The predicted molar refractivity (Wildman–Crippen MR) is 153 cm³/mol. The van der Waals surface area contributed by atoms with E-state index in [0.29, 0.717) is 55.2 Å². The summed E-state index contributed by atoms with van der Waals surface area (Å²) in [4.78, 5) is 30.5. The molecule has 2 N–H and O–H groups in total. The van der Waals surface area contributed by atoms with E-state index in [1.54, 1.807) is 23.1 Å². The number of carbonyl (C=O) groups excluding carboxylic acids is 1. The first-order valence-corrected chi connectivity index (χ1v) is 15.3. The van der Waals surface area contributed by atoms with Gasteiger partial charge in [0.05, 0.1) is 18.6 Å². The van der Waals surface area contributed by atoms with Gasteiger partial charge in [-0.15, -0.1) is 0 Å². The largest absolute Gasteiger partial charge is 0.497 e. The maximum atomic E-state index is 13.1. The molecule has 1 saturated heterocycles. The molecule has 2 aliphatic heterocycles. The van der Waals surface area contributed by atoms with Crippen molar-refractivity contribution in [2.75, 3.05) is 33.6 Å². The van der Waals surface area contributed by atoms with Gasteiger partial charge in [-0.3, -0.25) is 4.79 Å². The smallest absolute Gasteiger partial charge is 0.409 e. The summed E-state index contributed by atoms with van der Waals surface area (Å²) >= 11 is 0. The number of carboxylic acid groups (broad SMARTS) is 1. The number of nitrogens with one attached hydrogen (secondary N) is 1. The summed E-state index contributed by atoms with van der Waals surface area (Å²) in [5.41, 5.74) is 1.48. The Labute approximate surface area is 249 Å². The van der Waals surface area contributed by atoms with Gasteiger partial charge in [0.2, 0.25) is 16.6 Å². The number of carbonyl (C=O) groups is 2. The maximum Gasteiger partial charge on any atom is 0.409 e. The number of piperidine rings is 1. The monoisotopic (exact) mass is 611 g/mol. The Morgan fingerprint density at radius 1 is 1.12 bits per heavy atom. The van der Waals surface area contributed by atoms with Gasteiger partial charge >= 0.3 is 12.1 Å². The van der Waals surface area contributed by atoms with Crippen molar-refractivity contribution < 1.29 is 42.1 Å². The topological polar surface area (TPSA) is 154 Å². The van der Waals surface area contributed by atoms with Crippen LogP contribution >= 0.6 is 0 Å². The van der Waals surface area contributed by atoms with Gasteiger partial charge < -0.3 is 34.3 Å². The summed E-state index contributed by atoms with van der Waals surface area (Å²) in [5.74, 6) is 0.644. The van der Waals surface area contributed by atoms with Gasteiger partial charge in [-0.25, -0.2) is 18.2 Å². The molecule has 3 aromatic rings. The first-order chi connectivity index (χ1) is 20.8. The number of amides is 1. The van der Waals surface area contributed by atoms with E-state index in [1.165, 1.54) is 31.5 Å². The molecular formula is C30H33N3O9S. The van der Waals surface area contributed by atoms with Gasteiger partial charge in [0, 0.05) is 37.8 Å². The summed E-state index contributed by atoms with van der Waals surface area (Å²) in [6.45, 7) is 1.21. The van der Waals surface area contributed by atoms with Crippen molar-refractivity contribution in [3.05, 3.63) is 71.9 Å². The Hall–Kier alpha value is -4.36. The number of aromatic nitrogens is 1. The first kappa shape index (κ1) is 30.1. The number of benzene rings is 2. The number of methoxy groups -OCH3 is 1. The third-order valence-electron chi connectivity index (χ3n) is 7.58. The van der Waals surface area contributed by atoms with Crippen LogP contribution < -0.4 is 19.5 Å². The molecule has 1 fully saturated rings. The minimum absolute atomic E-state index is 0.0757. The molecular weight excluding hydrogens is 578 g/mol. The van der Waals surface area contributed by atoms with Gasteiger partial charge in [-0.05, 0) is 66.8 Å². The number of ether oxygens (including phenoxy) is 4. The molecule has 13 heteroatoms. The highest BCUT2D eigenvalue weighted by molar-refractivity contribution is 7.91. The second-order valence-corrected chi connectivity index (χ2v) is 12.1. The van der Waals surface area contributed by atoms with Crippen LogP contribution in [0, 0.1) is 5.92 Å². The second-order valence-electron chi connectivity index (χ2n) is 10.2. The molecule has 0 radical (unpaired) electrons. The Bertz CT molecular complexity index is 1560. The van der Waals surface area contributed by atoms with Gasteiger partial charge in [0.25, 0.3) is 0 Å². The lowest BCUT2D eigenvalue weighted by Gasteiger charge is -2.34. The number of hydrogen-bond donors (Lipinski definition) is 2. The average Bonchev–Trinajstić information content (AvgIpc) is 3.51. The van der Waals surface area contributed by atoms with E-state index in [4.69, 9.17) is 18.9 Å². The molecule has 43 heavy (non-hydrogen) atoms. The van der Waals surface area contributed by atoms with Crippen LogP contribution in [0.3, 0.4) is 0 Å². The molecule has 1 aromatic heterocycles. The van der Waals surface area contributed by atoms with E-state index in [9.17, 15) is 23.1 Å². The van der Waals surface area contributed by atoms with Crippen molar-refractivity contribution >= 4 is 21.9 Å². The number of pyridine rings is 1. The number of para-hydroxylation sites is 1. The Kier molecular flexibility index (Phi) is 9.31. The SMILES string of the molecule is COc1ccc(S(=O)(=O)c2cc(CN[C@@H](C(=O)O)C3CCN(C(=O)OCCc4cccc5c4OCO5)CC3)ccn2)cc1. The number of rotatable bonds is 11. The highest BCUT2D eigenvalue weighted by atomic mass is 32.2. The molecule has 228 valence electrons. The van der Waals surface area contributed by atoms with Crippen molar-refractivity contribution in [2.45, 2.75) is 41.8 Å². The minimum atomic E-state index is -3.87. The number of likely N-dealkylation sites (tertiary alicyclic amines) is 1. The van der Waals surface area contributed by atoms with Crippen LogP contribution in [0.4, 0.5) is 4.79 Å². The summed E-state index contributed by atoms with van der Waals surface area (Å²) in [6, 6.07) is 13.8. The molecule has 0 spiro atoms. The molecule has 3 heterocycles. The van der Waals surface area contributed by atoms with E-state index >= 15 is 0 Å². The number of hydrogen-bond acceptors (Lipinski definition) is 10. The summed E-state index contributed by atoms with van der Waals surface area (Å²) in [7, 11) is -2.38. The van der Waals surface area contributed by atoms with Crippen LogP contribution in [-0.4, -0.2) is 75.1 Å². The number of fused-ring (bicyclic) bond motifs is 1. The standard InChI is InChI=1S/C30H33N3O9S/c1-39-23-5-7-24(8-6-23)43(37,38)26-17-20(9-13-31-26)18-32-27(29(34)35)21-10-14-33(15-11-21)30(36)40-16-12-22-3-2-4-25-28(22)42-19-41-25/h2-9,13,17,21,27,32H,10-12,14-16,18-19H2,1H3,(H,34,35)/t27-/m1/s1. The average molecular weight is 612 g/mol. The van der Waals surface area contributed by atoms with Crippen molar-refractivity contribution in [3.8, 4) is 17.2 Å². The highest BCUT2D eigenvalue weighted by Crippen LogP contribution is 2.35. The molecule has 0 bridgehead atoms. The molecule has 0 unspecified atom stereocenters. The quantitative estimate of drug-likeness (QED) is 0.328. The van der Waals surface area contributed by atoms with E-state index < -0.39 is 27.9 Å². The van der Waals surface area contributed by atoms with Gasteiger partial charge in [-0.2, -0.15) is 0 Å². The number of aliphatic carboxylic acids is 1. The fourth-order valence-electron chi connectivity index (χ4n) is 5.21. The van der Waals surface area contributed by atoms with Crippen LogP contribution in [0.15, 0.2) is 70.7 Å². The number of nitrogens with zero attached hydrogens (tertiary/aromatic N) is 2. The van der Waals surface area contributed by atoms with E-state index in [2.05, 4.69) is 10.3 Å². The zero-order chi connectivity index (χ0) is 30.4. The summed E-state index contributed by atoms with van der Waals surface area (Å²) in [5, 5.41) is 12.9. The molecule has 12 nitrogen and oxygen atoms in total. The molecule has 2 aromatic carbocycles. The fourth-order valence-corrected chi connectivity index (χ4v) is 6.45. The Morgan fingerprint density at radius 2 is 1.88 bits per heavy atom. The maximum absolute atomic E-state index is 13.1. The van der Waals surface area contributed by atoms with Crippen molar-refractivity contribution in [3.63, 3.8) is 0 Å². The number of sulfone groups is 1. The van der Waals surface area contributed by atoms with Crippen LogP contribution in [0.5, 0.6) is 17.2 Å². The first-order valence-electron chi connectivity index (χ1n) is 13.9. The van der Waals surface area contributed by atoms with Gasteiger partial charge in [0.15, 0.2) is 16.5 Å². The lowest BCUT2D eigenvalue weighted by molar-refractivity contribution is -0.141. The zero-order valence-electron chi connectivity index (χ0n) is 23.6. The summed E-state index contributed by atoms with van der Waals surface area (Å²) in [6.07, 6.45) is 2.38. The van der Waals surface area contributed by atoms with Crippen molar-refractivity contribution in [1.29, 1.82) is 0 Å². The molecule has 1 amide bonds. The number of carboxylic acids is 1. The van der Waals surface area contributed by atoms with Crippen molar-refractivity contribution in [2.24, 2.45) is 5.92 Å². The van der Waals surface area contributed by atoms with Crippen molar-refractivity contribution in [1.82, 2.24) is 15.2 Å². The highest BCUT2D eigenvalue weighted by Gasteiger charge is 2.33. The van der Waals surface area contributed by atoms with Crippen LogP contribution in [0.2, 0.25) is 0 Å². The fraction of sp³-hybridized carbons (Fsp3) is 0.367. The molecule has 1 atom stereocenters. The lowest BCUT2D eigenvalue weighted by atomic mass is 9.89. The normalized spacial score (nSPS) is 15.6. The zero-order valence-corrected chi connectivity index (χ0v) is 24.4. The molecule has 0 saturated carbocycles. The third-order valence-corrected chi connectivity index (χ3v) is 9.25. The molecule has 2 aliphatic rings. The second kappa shape index (κ2) is 13.3. The van der Waals surface area contributed by atoms with Crippen LogP contribution in [0.25, 0.3) is 0 Å². The Morgan fingerprint density at radius 3 is 2.60 bits per heavy atom.